The highest BCUT2D eigenvalue weighted by Crippen LogP contribution is 2.33. The van der Waals surface area contributed by atoms with E-state index in [1.807, 2.05) is 19.3 Å². The van der Waals surface area contributed by atoms with Crippen LogP contribution in [-0.2, 0) is 6.54 Å². The number of H-pyrrole nitrogens is 1. The molecule has 21 heavy (non-hydrogen) atoms. The molecule has 0 radical (unpaired) electrons. The molecule has 5 nitrogen and oxygen atoms in total. The molecule has 0 aliphatic rings. The van der Waals surface area contributed by atoms with Crippen molar-refractivity contribution in [1.29, 1.82) is 0 Å². The highest BCUT2D eigenvalue weighted by Gasteiger charge is 2.11. The summed E-state index contributed by atoms with van der Waals surface area (Å²) in [7, 11) is 0. The first-order valence-electron chi connectivity index (χ1n) is 7.19. The lowest BCUT2D eigenvalue weighted by molar-refractivity contribution is 0.288. The van der Waals surface area contributed by atoms with E-state index in [9.17, 15) is 0 Å². The maximum Gasteiger partial charge on any atom is 0.143 e. The molecule has 0 saturated heterocycles. The van der Waals surface area contributed by atoms with E-state index in [1.165, 1.54) is 4.88 Å². The molecule has 0 fully saturated rings. The fraction of sp³-hybridized carbons (Fsp3) is 0.400. The van der Waals surface area contributed by atoms with Crippen molar-refractivity contribution in [1.82, 2.24) is 25.1 Å². The van der Waals surface area contributed by atoms with Crippen LogP contribution >= 0.6 is 11.3 Å². The van der Waals surface area contributed by atoms with Crippen LogP contribution in [0.25, 0.3) is 20.7 Å². The Morgan fingerprint density at radius 3 is 2.71 bits per heavy atom. The molecule has 0 aromatic carbocycles. The van der Waals surface area contributed by atoms with E-state index in [0.29, 0.717) is 0 Å². The summed E-state index contributed by atoms with van der Waals surface area (Å²) in [6.45, 7) is 9.18. The minimum absolute atomic E-state index is 0.804. The highest BCUT2D eigenvalue weighted by atomic mass is 32.1. The molecule has 0 saturated carbocycles. The Balaban J connectivity index is 1.94. The van der Waals surface area contributed by atoms with Crippen LogP contribution in [0.15, 0.2) is 18.5 Å². The van der Waals surface area contributed by atoms with Gasteiger partial charge in [0, 0.05) is 22.3 Å². The summed E-state index contributed by atoms with van der Waals surface area (Å²) in [6.07, 6.45) is 3.80. The second-order valence-corrected chi connectivity index (χ2v) is 6.10. The monoisotopic (exact) mass is 301 g/mol. The van der Waals surface area contributed by atoms with E-state index >= 15 is 0 Å². The van der Waals surface area contributed by atoms with E-state index < -0.39 is 0 Å². The molecule has 0 amide bonds. The van der Waals surface area contributed by atoms with Crippen LogP contribution < -0.4 is 0 Å². The summed E-state index contributed by atoms with van der Waals surface area (Å²) in [5, 5.41) is 7.06. The average Bonchev–Trinajstić information content (AvgIpc) is 3.09. The SMILES string of the molecule is CCN(CC)Cc1ncc2sc(-c3cn[nH]c3C)cc2n1. The van der Waals surface area contributed by atoms with Gasteiger partial charge in [0.15, 0.2) is 0 Å². The van der Waals surface area contributed by atoms with Gasteiger partial charge in [0.05, 0.1) is 23.0 Å². The Morgan fingerprint density at radius 1 is 1.24 bits per heavy atom. The number of nitrogens with one attached hydrogen (secondary N) is 1. The number of thiophene rings is 1. The number of fused-ring (bicyclic) bond motifs is 1. The molecule has 0 aliphatic heterocycles. The first-order valence-corrected chi connectivity index (χ1v) is 8.01. The van der Waals surface area contributed by atoms with E-state index in [0.717, 1.165) is 46.9 Å². The van der Waals surface area contributed by atoms with Crippen LogP contribution in [0.2, 0.25) is 0 Å². The van der Waals surface area contributed by atoms with Crippen LogP contribution in [0, 0.1) is 6.92 Å². The van der Waals surface area contributed by atoms with Gasteiger partial charge in [0.1, 0.15) is 5.82 Å². The summed E-state index contributed by atoms with van der Waals surface area (Å²) < 4.78 is 1.12. The number of aryl methyl sites for hydroxylation is 1. The molecular formula is C15H19N5S. The van der Waals surface area contributed by atoms with Crippen LogP contribution in [-0.4, -0.2) is 38.2 Å². The normalized spacial score (nSPS) is 11.6. The third kappa shape index (κ3) is 2.82. The van der Waals surface area contributed by atoms with E-state index in [4.69, 9.17) is 4.98 Å². The van der Waals surface area contributed by atoms with Crippen LogP contribution in [0.4, 0.5) is 0 Å². The predicted octanol–water partition coefficient (Wildman–Crippen LogP) is 3.23. The van der Waals surface area contributed by atoms with Crippen molar-refractivity contribution in [3.05, 3.63) is 30.0 Å². The van der Waals surface area contributed by atoms with Crippen molar-refractivity contribution in [2.45, 2.75) is 27.3 Å². The second kappa shape index (κ2) is 5.91. The van der Waals surface area contributed by atoms with Crippen molar-refractivity contribution < 1.29 is 0 Å². The average molecular weight is 301 g/mol. The number of rotatable bonds is 5. The fourth-order valence-electron chi connectivity index (χ4n) is 2.33. The van der Waals surface area contributed by atoms with Gasteiger partial charge in [-0.25, -0.2) is 9.97 Å². The standard InChI is InChI=1S/C15H19N5S/c1-4-20(5-2)9-15-16-8-14-12(18-15)6-13(21-14)11-7-17-19-10(11)3/h6-8H,4-5,9H2,1-3H3,(H,17,19). The molecule has 110 valence electrons. The summed E-state index contributed by atoms with van der Waals surface area (Å²) >= 11 is 1.71. The van der Waals surface area contributed by atoms with Crippen molar-refractivity contribution in [2.24, 2.45) is 0 Å². The molecule has 0 aliphatic carbocycles. The van der Waals surface area contributed by atoms with Crippen molar-refractivity contribution >= 4 is 21.6 Å². The van der Waals surface area contributed by atoms with Gasteiger partial charge in [-0.2, -0.15) is 5.10 Å². The summed E-state index contributed by atoms with van der Waals surface area (Å²) in [5.41, 5.74) is 3.24. The van der Waals surface area contributed by atoms with Crippen molar-refractivity contribution in [2.75, 3.05) is 13.1 Å². The van der Waals surface area contributed by atoms with Crippen LogP contribution in [0.1, 0.15) is 25.4 Å². The number of aromatic nitrogens is 4. The Morgan fingerprint density at radius 2 is 2.05 bits per heavy atom. The van der Waals surface area contributed by atoms with E-state index in [1.54, 1.807) is 11.3 Å². The highest BCUT2D eigenvalue weighted by molar-refractivity contribution is 7.22. The minimum Gasteiger partial charge on any atom is -0.296 e. The maximum absolute atomic E-state index is 4.70. The molecular weight excluding hydrogens is 282 g/mol. The molecule has 3 aromatic rings. The van der Waals surface area contributed by atoms with Gasteiger partial charge in [0.2, 0.25) is 0 Å². The maximum atomic E-state index is 4.70. The third-order valence-electron chi connectivity index (χ3n) is 3.68. The quantitative estimate of drug-likeness (QED) is 0.786. The zero-order chi connectivity index (χ0) is 14.8. The fourth-order valence-corrected chi connectivity index (χ4v) is 3.37. The molecule has 3 aromatic heterocycles. The zero-order valence-corrected chi connectivity index (χ0v) is 13.4. The van der Waals surface area contributed by atoms with Gasteiger partial charge in [-0.15, -0.1) is 11.3 Å². The summed E-state index contributed by atoms with van der Waals surface area (Å²) in [4.78, 5) is 12.7. The van der Waals surface area contributed by atoms with Gasteiger partial charge in [0.25, 0.3) is 0 Å². The first kappa shape index (κ1) is 14.2. The minimum atomic E-state index is 0.804. The smallest absolute Gasteiger partial charge is 0.143 e. The molecule has 3 heterocycles. The molecule has 0 atom stereocenters. The summed E-state index contributed by atoms with van der Waals surface area (Å²) in [5.74, 6) is 0.888. The molecule has 0 spiro atoms. The topological polar surface area (TPSA) is 57.7 Å². The van der Waals surface area contributed by atoms with Crippen molar-refractivity contribution in [3.63, 3.8) is 0 Å². The lowest BCUT2D eigenvalue weighted by Crippen LogP contribution is -2.23. The Bertz CT molecular complexity index is 741. The molecule has 0 unspecified atom stereocenters. The lowest BCUT2D eigenvalue weighted by Gasteiger charge is -2.16. The third-order valence-corrected chi connectivity index (χ3v) is 4.77. The number of nitrogens with zero attached hydrogens (tertiary/aromatic N) is 4. The lowest BCUT2D eigenvalue weighted by atomic mass is 10.2. The number of aromatic amines is 1. The molecule has 3 rings (SSSR count). The van der Waals surface area contributed by atoms with Gasteiger partial charge in [-0.05, 0) is 26.1 Å². The van der Waals surface area contributed by atoms with Gasteiger partial charge in [-0.1, -0.05) is 13.8 Å². The van der Waals surface area contributed by atoms with Crippen LogP contribution in [0.5, 0.6) is 0 Å². The molecule has 6 heteroatoms. The van der Waals surface area contributed by atoms with Gasteiger partial charge in [-0.3, -0.25) is 10.00 Å². The largest absolute Gasteiger partial charge is 0.296 e. The van der Waals surface area contributed by atoms with Crippen molar-refractivity contribution in [3.8, 4) is 10.4 Å². The zero-order valence-electron chi connectivity index (χ0n) is 12.6. The van der Waals surface area contributed by atoms with Gasteiger partial charge >= 0.3 is 0 Å². The Labute approximate surface area is 128 Å². The number of hydrogen-bond donors (Lipinski definition) is 1. The predicted molar refractivity (Wildman–Crippen MR) is 86.4 cm³/mol. The van der Waals surface area contributed by atoms with Gasteiger partial charge < -0.3 is 0 Å². The summed E-state index contributed by atoms with van der Waals surface area (Å²) in [6, 6.07) is 2.13. The Hall–Kier alpha value is -1.79. The van der Waals surface area contributed by atoms with E-state index in [-0.39, 0.29) is 0 Å². The molecule has 1 N–H and O–H groups in total. The Kier molecular flexibility index (Phi) is 3.98. The van der Waals surface area contributed by atoms with E-state index in [2.05, 4.69) is 40.0 Å². The second-order valence-electron chi connectivity index (χ2n) is 5.02. The number of hydrogen-bond acceptors (Lipinski definition) is 5. The first-order chi connectivity index (χ1) is 10.2. The molecule has 0 bridgehead atoms. The van der Waals surface area contributed by atoms with Crippen LogP contribution in [0.3, 0.4) is 0 Å².